The van der Waals surface area contributed by atoms with E-state index in [0.717, 1.165) is 12.8 Å². The van der Waals surface area contributed by atoms with Crippen LogP contribution in [-0.4, -0.2) is 16.6 Å². The summed E-state index contributed by atoms with van der Waals surface area (Å²) < 4.78 is 0. The van der Waals surface area contributed by atoms with Crippen LogP contribution in [0.15, 0.2) is 0 Å². The molecule has 3 fully saturated rings. The first-order chi connectivity index (χ1) is 6.69. The molecular weight excluding hydrogens is 196 g/mol. The predicted molar refractivity (Wildman–Crippen MR) is 56.7 cm³/mol. The van der Waals surface area contributed by atoms with E-state index in [2.05, 4.69) is 10.6 Å². The second-order valence-electron chi connectivity index (χ2n) is 4.80. The van der Waals surface area contributed by atoms with Gasteiger partial charge in [-0.2, -0.15) is 0 Å². The van der Waals surface area contributed by atoms with Gasteiger partial charge < -0.3 is 10.6 Å². The number of hydrogen-bond acceptors (Lipinski definition) is 2. The topological polar surface area (TPSA) is 41.1 Å². The quantitative estimate of drug-likeness (QED) is 0.588. The van der Waals surface area contributed by atoms with Crippen LogP contribution < -0.4 is 10.6 Å². The van der Waals surface area contributed by atoms with Crippen LogP contribution in [0.4, 0.5) is 0 Å². The number of fused-ring (bicyclic) bond motifs is 1. The molecule has 1 unspecified atom stereocenters. The monoisotopic (exact) mass is 210 g/mol. The molecule has 1 amide bonds. The molecule has 3 aliphatic rings. The normalized spacial score (nSPS) is 38.6. The molecule has 0 radical (unpaired) electrons. The Kier molecular flexibility index (Phi) is 1.53. The molecule has 2 aliphatic carbocycles. The Morgan fingerprint density at radius 1 is 1.14 bits per heavy atom. The summed E-state index contributed by atoms with van der Waals surface area (Å²) in [5.41, 5.74) is -0.0972. The molecular formula is C10H14N2OS. The number of carbonyl (C=O) groups excluding carboxylic acids is 1. The van der Waals surface area contributed by atoms with Crippen LogP contribution in [0.3, 0.4) is 0 Å². The fourth-order valence-corrected chi connectivity index (χ4v) is 3.76. The standard InChI is InChI=1S/C10H14N2OS/c13-7-10(12-8(14)11-7)6-2-5-9(10)3-1-4-9/h1-6H2,(H2,11,12,13,14). The molecule has 1 aliphatic heterocycles. The van der Waals surface area contributed by atoms with Crippen molar-refractivity contribution in [3.8, 4) is 0 Å². The van der Waals surface area contributed by atoms with E-state index in [1.807, 2.05) is 0 Å². The van der Waals surface area contributed by atoms with E-state index in [-0.39, 0.29) is 16.9 Å². The van der Waals surface area contributed by atoms with Crippen molar-refractivity contribution >= 4 is 23.2 Å². The highest BCUT2D eigenvalue weighted by atomic mass is 32.1. The van der Waals surface area contributed by atoms with Gasteiger partial charge in [0.05, 0.1) is 0 Å². The third-order valence-electron chi connectivity index (χ3n) is 4.36. The highest BCUT2D eigenvalue weighted by Gasteiger charge is 2.64. The second-order valence-corrected chi connectivity index (χ2v) is 5.21. The van der Waals surface area contributed by atoms with E-state index in [1.165, 1.54) is 25.7 Å². The van der Waals surface area contributed by atoms with Gasteiger partial charge in [0, 0.05) is 5.41 Å². The van der Waals surface area contributed by atoms with Crippen LogP contribution >= 0.6 is 12.2 Å². The molecule has 0 aromatic rings. The summed E-state index contributed by atoms with van der Waals surface area (Å²) >= 11 is 5.04. The van der Waals surface area contributed by atoms with Gasteiger partial charge in [-0.1, -0.05) is 6.42 Å². The summed E-state index contributed by atoms with van der Waals surface area (Å²) in [5.74, 6) is 0.125. The average molecular weight is 210 g/mol. The van der Waals surface area contributed by atoms with Crippen molar-refractivity contribution in [2.45, 2.75) is 44.1 Å². The molecule has 3 rings (SSSR count). The van der Waals surface area contributed by atoms with Crippen LogP contribution in [0.1, 0.15) is 38.5 Å². The highest BCUT2D eigenvalue weighted by Crippen LogP contribution is 2.59. The maximum Gasteiger partial charge on any atom is 0.252 e. The fourth-order valence-electron chi connectivity index (χ4n) is 3.49. The fraction of sp³-hybridized carbons (Fsp3) is 0.800. The van der Waals surface area contributed by atoms with Crippen molar-refractivity contribution in [1.82, 2.24) is 10.6 Å². The van der Waals surface area contributed by atoms with Gasteiger partial charge in [-0.3, -0.25) is 4.79 Å². The van der Waals surface area contributed by atoms with Crippen molar-refractivity contribution < 1.29 is 4.79 Å². The molecule has 3 nitrogen and oxygen atoms in total. The van der Waals surface area contributed by atoms with Crippen LogP contribution in [0, 0.1) is 5.41 Å². The van der Waals surface area contributed by atoms with Crippen LogP contribution in [-0.2, 0) is 4.79 Å². The van der Waals surface area contributed by atoms with Crippen LogP contribution in [0.25, 0.3) is 0 Å². The minimum Gasteiger partial charge on any atom is -0.348 e. The molecule has 0 aromatic carbocycles. The van der Waals surface area contributed by atoms with Gasteiger partial charge in [-0.25, -0.2) is 0 Å². The molecule has 4 heteroatoms. The number of hydrogen-bond donors (Lipinski definition) is 2. The zero-order valence-electron chi connectivity index (χ0n) is 8.06. The number of rotatable bonds is 0. The molecule has 1 heterocycles. The maximum absolute atomic E-state index is 12.0. The number of nitrogens with one attached hydrogen (secondary N) is 2. The van der Waals surface area contributed by atoms with Gasteiger partial charge in [0.15, 0.2) is 5.11 Å². The summed E-state index contributed by atoms with van der Waals surface area (Å²) in [6, 6.07) is 0. The van der Waals surface area contributed by atoms with E-state index < -0.39 is 0 Å². The lowest BCUT2D eigenvalue weighted by Gasteiger charge is -2.48. The molecule has 14 heavy (non-hydrogen) atoms. The first kappa shape index (κ1) is 8.65. The summed E-state index contributed by atoms with van der Waals surface area (Å²) in [4.78, 5) is 12.0. The molecule has 2 N–H and O–H groups in total. The Balaban J connectivity index is 2.02. The zero-order chi connectivity index (χ0) is 9.81. The Hall–Kier alpha value is -0.640. The van der Waals surface area contributed by atoms with Gasteiger partial charge in [0.2, 0.25) is 0 Å². The van der Waals surface area contributed by atoms with E-state index in [9.17, 15) is 4.79 Å². The van der Waals surface area contributed by atoms with Crippen molar-refractivity contribution in [2.24, 2.45) is 5.41 Å². The van der Waals surface area contributed by atoms with E-state index in [1.54, 1.807) is 0 Å². The largest absolute Gasteiger partial charge is 0.348 e. The van der Waals surface area contributed by atoms with Crippen molar-refractivity contribution in [1.29, 1.82) is 0 Å². The summed E-state index contributed by atoms with van der Waals surface area (Å²) in [5, 5.41) is 6.53. The van der Waals surface area contributed by atoms with Gasteiger partial charge in [-0.15, -0.1) is 0 Å². The number of thiocarbonyl (C=S) groups is 1. The Morgan fingerprint density at radius 2 is 1.79 bits per heavy atom. The molecule has 0 bridgehead atoms. The third-order valence-corrected chi connectivity index (χ3v) is 4.57. The molecule has 0 aromatic heterocycles. The predicted octanol–water partition coefficient (Wildman–Crippen LogP) is 1.08. The lowest BCUT2D eigenvalue weighted by molar-refractivity contribution is -0.130. The van der Waals surface area contributed by atoms with Crippen molar-refractivity contribution in [2.75, 3.05) is 0 Å². The van der Waals surface area contributed by atoms with Crippen LogP contribution in [0.5, 0.6) is 0 Å². The zero-order valence-corrected chi connectivity index (χ0v) is 8.88. The lowest BCUT2D eigenvalue weighted by Crippen LogP contribution is -2.59. The first-order valence-corrected chi connectivity index (χ1v) is 5.73. The minimum absolute atomic E-state index is 0.125. The van der Waals surface area contributed by atoms with Gasteiger partial charge in [0.1, 0.15) is 5.54 Å². The SMILES string of the molecule is O=C1NC(=S)NC12CCCC21CCC1. The van der Waals surface area contributed by atoms with Gasteiger partial charge >= 0.3 is 0 Å². The maximum atomic E-state index is 12.0. The number of carbonyl (C=O) groups is 1. The summed E-state index contributed by atoms with van der Waals surface area (Å²) in [6.07, 6.45) is 6.95. The summed E-state index contributed by atoms with van der Waals surface area (Å²) in [7, 11) is 0. The molecule has 2 saturated carbocycles. The van der Waals surface area contributed by atoms with Crippen LogP contribution in [0.2, 0.25) is 0 Å². The van der Waals surface area contributed by atoms with E-state index in [0.29, 0.717) is 5.11 Å². The Labute approximate surface area is 88.6 Å². The average Bonchev–Trinajstić information content (AvgIpc) is 2.54. The Bertz CT molecular complexity index is 324. The third kappa shape index (κ3) is 0.787. The first-order valence-electron chi connectivity index (χ1n) is 5.32. The molecule has 1 atom stereocenters. The Morgan fingerprint density at radius 3 is 2.29 bits per heavy atom. The minimum atomic E-state index is -0.331. The summed E-state index contributed by atoms with van der Waals surface area (Å²) in [6.45, 7) is 0. The smallest absolute Gasteiger partial charge is 0.252 e. The van der Waals surface area contributed by atoms with E-state index >= 15 is 0 Å². The second kappa shape index (κ2) is 2.48. The van der Waals surface area contributed by atoms with Gasteiger partial charge in [-0.05, 0) is 44.3 Å². The molecule has 1 saturated heterocycles. The van der Waals surface area contributed by atoms with Gasteiger partial charge in [0.25, 0.3) is 5.91 Å². The highest BCUT2D eigenvalue weighted by molar-refractivity contribution is 7.80. The lowest BCUT2D eigenvalue weighted by atomic mass is 9.58. The molecule has 2 spiro atoms. The van der Waals surface area contributed by atoms with E-state index in [4.69, 9.17) is 12.2 Å². The number of amides is 1. The molecule has 76 valence electrons. The van der Waals surface area contributed by atoms with Crippen molar-refractivity contribution in [3.05, 3.63) is 0 Å². The van der Waals surface area contributed by atoms with Crippen molar-refractivity contribution in [3.63, 3.8) is 0 Å².